The number of amides is 1. The number of nitrogens with one attached hydrogen (secondary N) is 1. The Labute approximate surface area is 238 Å². The smallest absolute Gasteiger partial charge is 0.456 e. The van der Waals surface area contributed by atoms with Crippen molar-refractivity contribution in [1.29, 1.82) is 0 Å². The van der Waals surface area contributed by atoms with Crippen molar-refractivity contribution in [2.24, 2.45) is 5.92 Å². The fourth-order valence-corrected chi connectivity index (χ4v) is 4.84. The summed E-state index contributed by atoms with van der Waals surface area (Å²) in [6, 6.07) is 16.9. The SMILES string of the molecule is C[C@H](NC(=O)[C@@H]1C[C@@H](OC(=O)O)[C@@H]1OC(=O)O)[C@@H](Cc1ccc(Cl)c(Cl)c1)OC(=O)c1ccc2ccccc2c1. The molecule has 0 heterocycles. The molecule has 5 atom stereocenters. The Morgan fingerprint density at radius 2 is 1.62 bits per heavy atom. The van der Waals surface area contributed by atoms with Gasteiger partial charge in [0.1, 0.15) is 12.2 Å². The van der Waals surface area contributed by atoms with Crippen molar-refractivity contribution < 1.29 is 43.6 Å². The molecule has 0 saturated heterocycles. The van der Waals surface area contributed by atoms with Gasteiger partial charge < -0.3 is 29.7 Å². The van der Waals surface area contributed by atoms with Gasteiger partial charge in [-0.05, 0) is 47.5 Å². The molecule has 3 aromatic carbocycles. The molecule has 0 unspecified atom stereocenters. The van der Waals surface area contributed by atoms with Crippen LogP contribution in [0.2, 0.25) is 10.0 Å². The molecule has 0 radical (unpaired) electrons. The maximum Gasteiger partial charge on any atom is 0.506 e. The molecule has 0 bridgehead atoms. The van der Waals surface area contributed by atoms with Crippen molar-refractivity contribution in [3.63, 3.8) is 0 Å². The van der Waals surface area contributed by atoms with Gasteiger partial charge in [0.05, 0.1) is 27.6 Å². The Kier molecular flexibility index (Phi) is 9.01. The van der Waals surface area contributed by atoms with Gasteiger partial charge in [-0.15, -0.1) is 0 Å². The first kappa shape index (κ1) is 29.0. The molecule has 3 aromatic rings. The van der Waals surface area contributed by atoms with Crippen molar-refractivity contribution in [1.82, 2.24) is 5.32 Å². The first-order chi connectivity index (χ1) is 19.0. The Morgan fingerprint density at radius 1 is 0.925 bits per heavy atom. The van der Waals surface area contributed by atoms with Crippen LogP contribution in [0.15, 0.2) is 60.7 Å². The minimum absolute atomic E-state index is 0.0723. The van der Waals surface area contributed by atoms with Crippen LogP contribution < -0.4 is 5.32 Å². The maximum atomic E-state index is 13.2. The van der Waals surface area contributed by atoms with Crippen LogP contribution >= 0.6 is 23.2 Å². The van der Waals surface area contributed by atoms with E-state index in [-0.39, 0.29) is 12.8 Å². The van der Waals surface area contributed by atoms with E-state index in [2.05, 4.69) is 10.1 Å². The van der Waals surface area contributed by atoms with Gasteiger partial charge in [0.25, 0.3) is 0 Å². The summed E-state index contributed by atoms with van der Waals surface area (Å²) >= 11 is 12.2. The number of rotatable bonds is 9. The summed E-state index contributed by atoms with van der Waals surface area (Å²) in [4.78, 5) is 48.2. The Bertz CT molecular complexity index is 1450. The van der Waals surface area contributed by atoms with E-state index in [9.17, 15) is 19.2 Å². The highest BCUT2D eigenvalue weighted by atomic mass is 35.5. The largest absolute Gasteiger partial charge is 0.506 e. The number of carbonyl (C=O) groups excluding carboxylic acids is 2. The summed E-state index contributed by atoms with van der Waals surface area (Å²) in [6.45, 7) is 1.63. The first-order valence-electron chi connectivity index (χ1n) is 12.2. The monoisotopic (exact) mass is 589 g/mol. The number of esters is 1. The van der Waals surface area contributed by atoms with E-state index < -0.39 is 54.5 Å². The lowest BCUT2D eigenvalue weighted by atomic mass is 9.77. The zero-order chi connectivity index (χ0) is 29.0. The lowest BCUT2D eigenvalue weighted by Gasteiger charge is -2.41. The molecule has 1 amide bonds. The fourth-order valence-electron chi connectivity index (χ4n) is 4.52. The zero-order valence-electron chi connectivity index (χ0n) is 21.1. The van der Waals surface area contributed by atoms with Crippen molar-refractivity contribution in [3.05, 3.63) is 81.8 Å². The molecule has 1 aliphatic carbocycles. The van der Waals surface area contributed by atoms with Crippen LogP contribution in [-0.2, 0) is 25.4 Å². The second kappa shape index (κ2) is 12.4. The summed E-state index contributed by atoms with van der Waals surface area (Å²) in [5.41, 5.74) is 1.01. The molecular weight excluding hydrogens is 565 g/mol. The molecule has 4 rings (SSSR count). The minimum Gasteiger partial charge on any atom is -0.456 e. The van der Waals surface area contributed by atoms with E-state index in [1.807, 2.05) is 24.3 Å². The van der Waals surface area contributed by atoms with Gasteiger partial charge in [0.15, 0.2) is 6.10 Å². The molecular formula is C28H25Cl2NO9. The molecule has 3 N–H and O–H groups in total. The number of carboxylic acid groups (broad SMARTS) is 2. The highest BCUT2D eigenvalue weighted by molar-refractivity contribution is 6.42. The number of carbonyl (C=O) groups is 4. The van der Waals surface area contributed by atoms with Crippen molar-refractivity contribution in [2.45, 2.75) is 44.1 Å². The molecule has 10 nitrogen and oxygen atoms in total. The van der Waals surface area contributed by atoms with E-state index in [0.717, 1.165) is 10.8 Å². The van der Waals surface area contributed by atoms with Gasteiger partial charge in [-0.2, -0.15) is 0 Å². The Morgan fingerprint density at radius 3 is 2.30 bits per heavy atom. The molecule has 1 fully saturated rings. The lowest BCUT2D eigenvalue weighted by Crippen LogP contribution is -2.59. The number of halogens is 2. The van der Waals surface area contributed by atoms with Gasteiger partial charge in [-0.25, -0.2) is 14.4 Å². The normalized spacial score (nSPS) is 19.5. The second-order valence-corrected chi connectivity index (χ2v) is 10.2. The van der Waals surface area contributed by atoms with Crippen LogP contribution in [0.25, 0.3) is 10.8 Å². The van der Waals surface area contributed by atoms with Gasteiger partial charge in [0.2, 0.25) is 5.91 Å². The van der Waals surface area contributed by atoms with Crippen LogP contribution in [0.1, 0.15) is 29.3 Å². The van der Waals surface area contributed by atoms with Gasteiger partial charge >= 0.3 is 18.3 Å². The molecule has 12 heteroatoms. The topological polar surface area (TPSA) is 148 Å². The Hall–Kier alpha value is -4.02. The average molecular weight is 590 g/mol. The third-order valence-electron chi connectivity index (χ3n) is 6.67. The third kappa shape index (κ3) is 6.94. The quantitative estimate of drug-likeness (QED) is 0.215. The lowest BCUT2D eigenvalue weighted by molar-refractivity contribution is -0.157. The molecule has 210 valence electrons. The van der Waals surface area contributed by atoms with Crippen LogP contribution in [0.5, 0.6) is 0 Å². The van der Waals surface area contributed by atoms with E-state index in [0.29, 0.717) is 21.2 Å². The van der Waals surface area contributed by atoms with Gasteiger partial charge in [0, 0.05) is 12.8 Å². The van der Waals surface area contributed by atoms with Gasteiger partial charge in [-0.1, -0.05) is 59.6 Å². The summed E-state index contributed by atoms with van der Waals surface area (Å²) in [7, 11) is 0. The molecule has 0 spiro atoms. The first-order valence-corrected chi connectivity index (χ1v) is 13.0. The standard InChI is InChI=1S/C28H25Cl2NO9/c1-14(31-25(32)19-13-23(39-27(34)35)24(19)40-28(36)37)22(11-15-6-9-20(29)21(30)10-15)38-26(33)18-8-7-16-4-2-3-5-17(16)12-18/h2-10,12,14,19,22-24H,11,13H2,1H3,(H,31,32)(H,34,35)(H,36,37)/t14-,19+,22+,23+,24+/m0/s1. The van der Waals surface area contributed by atoms with Crippen LogP contribution in [0, 0.1) is 5.92 Å². The minimum atomic E-state index is -1.67. The average Bonchev–Trinajstić information content (AvgIpc) is 2.90. The van der Waals surface area contributed by atoms with E-state index in [1.54, 1.807) is 43.3 Å². The highest BCUT2D eigenvalue weighted by Crippen LogP contribution is 2.34. The van der Waals surface area contributed by atoms with Crippen molar-refractivity contribution in [2.75, 3.05) is 0 Å². The number of benzene rings is 3. The van der Waals surface area contributed by atoms with E-state index in [1.165, 1.54) is 0 Å². The zero-order valence-corrected chi connectivity index (χ0v) is 22.6. The fraction of sp³-hybridized carbons (Fsp3) is 0.286. The summed E-state index contributed by atoms with van der Waals surface area (Å²) in [5, 5.41) is 23.1. The predicted octanol–water partition coefficient (Wildman–Crippen LogP) is 5.57. The van der Waals surface area contributed by atoms with E-state index in [4.69, 9.17) is 42.9 Å². The van der Waals surface area contributed by atoms with Crippen LogP contribution in [0.4, 0.5) is 9.59 Å². The number of hydrogen-bond acceptors (Lipinski definition) is 7. The highest BCUT2D eigenvalue weighted by Gasteiger charge is 2.51. The number of hydrogen-bond donors (Lipinski definition) is 3. The Balaban J connectivity index is 1.52. The molecule has 40 heavy (non-hydrogen) atoms. The summed E-state index contributed by atoms with van der Waals surface area (Å²) in [5.74, 6) is -2.21. The maximum absolute atomic E-state index is 13.2. The summed E-state index contributed by atoms with van der Waals surface area (Å²) in [6.07, 6.45) is -6.48. The molecule has 1 saturated carbocycles. The molecule has 0 aliphatic heterocycles. The van der Waals surface area contributed by atoms with Crippen molar-refractivity contribution in [3.8, 4) is 0 Å². The van der Waals surface area contributed by atoms with Crippen molar-refractivity contribution >= 4 is 58.2 Å². The van der Waals surface area contributed by atoms with Gasteiger partial charge in [-0.3, -0.25) is 4.79 Å². The number of fused-ring (bicyclic) bond motifs is 1. The molecule has 1 aliphatic rings. The molecule has 0 aromatic heterocycles. The van der Waals surface area contributed by atoms with Crippen LogP contribution in [-0.4, -0.2) is 58.8 Å². The van der Waals surface area contributed by atoms with Crippen LogP contribution in [0.3, 0.4) is 0 Å². The van der Waals surface area contributed by atoms with E-state index >= 15 is 0 Å². The summed E-state index contributed by atoms with van der Waals surface area (Å²) < 4.78 is 15.2. The predicted molar refractivity (Wildman–Crippen MR) is 145 cm³/mol. The number of ether oxygens (including phenoxy) is 3. The second-order valence-electron chi connectivity index (χ2n) is 9.37. The third-order valence-corrected chi connectivity index (χ3v) is 7.41.